The summed E-state index contributed by atoms with van der Waals surface area (Å²) in [5.74, 6) is 0. The summed E-state index contributed by atoms with van der Waals surface area (Å²) in [7, 11) is 0. The summed E-state index contributed by atoms with van der Waals surface area (Å²) in [6.45, 7) is 2.60. The Kier molecular flexibility index (Phi) is 2.46. The molecule has 2 N–H and O–H groups in total. The van der Waals surface area contributed by atoms with Gasteiger partial charge < -0.3 is 5.73 Å². The van der Waals surface area contributed by atoms with Gasteiger partial charge in [0.25, 0.3) is 0 Å². The fraction of sp³-hybridized carbons (Fsp3) is 0.154. The van der Waals surface area contributed by atoms with Crippen molar-refractivity contribution in [2.45, 2.75) is 13.5 Å². The van der Waals surface area contributed by atoms with Crippen molar-refractivity contribution < 1.29 is 0 Å². The fourth-order valence-electron chi connectivity index (χ4n) is 1.92. The summed E-state index contributed by atoms with van der Waals surface area (Å²) < 4.78 is 2.14. The number of imidazole rings is 1. The van der Waals surface area contributed by atoms with E-state index in [0.29, 0.717) is 6.54 Å². The lowest BCUT2D eigenvalue weighted by molar-refractivity contribution is 1.07. The summed E-state index contributed by atoms with van der Waals surface area (Å²) in [5, 5.41) is 2.14. The smallest absolute Gasteiger partial charge is 0.194 e. The zero-order valence-corrected chi connectivity index (χ0v) is 10.4. The summed E-state index contributed by atoms with van der Waals surface area (Å²) >= 11 is 1.67. The van der Waals surface area contributed by atoms with Gasteiger partial charge >= 0.3 is 0 Å². The second-order valence-corrected chi connectivity index (χ2v) is 4.89. The van der Waals surface area contributed by atoms with Gasteiger partial charge in [-0.1, -0.05) is 24.3 Å². The number of fused-ring (bicyclic) bond motifs is 1. The van der Waals surface area contributed by atoms with Gasteiger partial charge in [-0.25, -0.2) is 4.98 Å². The van der Waals surface area contributed by atoms with Crippen molar-refractivity contribution in [2.75, 3.05) is 0 Å². The minimum absolute atomic E-state index is 0.587. The quantitative estimate of drug-likeness (QED) is 0.752. The van der Waals surface area contributed by atoms with Gasteiger partial charge in [-0.15, -0.1) is 11.3 Å². The molecule has 0 spiro atoms. The first-order valence-corrected chi connectivity index (χ1v) is 6.38. The SMILES string of the molecule is Cc1cn2c(-c3ccc(CN)cc3)csc2n1. The fourth-order valence-corrected chi connectivity index (χ4v) is 2.84. The summed E-state index contributed by atoms with van der Waals surface area (Å²) in [6.07, 6.45) is 2.07. The van der Waals surface area contributed by atoms with Crippen molar-refractivity contribution in [1.82, 2.24) is 9.38 Å². The molecule has 0 amide bonds. The van der Waals surface area contributed by atoms with Gasteiger partial charge in [0.1, 0.15) is 0 Å². The number of nitrogens with zero attached hydrogens (tertiary/aromatic N) is 2. The zero-order valence-electron chi connectivity index (χ0n) is 9.55. The Morgan fingerprint density at radius 3 is 2.76 bits per heavy atom. The van der Waals surface area contributed by atoms with E-state index in [0.717, 1.165) is 16.2 Å². The molecule has 4 heteroatoms. The third-order valence-electron chi connectivity index (χ3n) is 2.81. The molecule has 0 aliphatic rings. The Labute approximate surface area is 104 Å². The molecular weight excluding hydrogens is 230 g/mol. The van der Waals surface area contributed by atoms with Crippen LogP contribution in [0.5, 0.6) is 0 Å². The molecule has 3 rings (SSSR count). The molecule has 0 aliphatic carbocycles. The van der Waals surface area contributed by atoms with Crippen LogP contribution >= 0.6 is 11.3 Å². The Morgan fingerprint density at radius 1 is 1.29 bits per heavy atom. The van der Waals surface area contributed by atoms with E-state index in [9.17, 15) is 0 Å². The molecule has 0 unspecified atom stereocenters. The average molecular weight is 243 g/mol. The van der Waals surface area contributed by atoms with Gasteiger partial charge in [0.05, 0.1) is 11.4 Å². The maximum Gasteiger partial charge on any atom is 0.194 e. The van der Waals surface area contributed by atoms with E-state index in [1.165, 1.54) is 11.3 Å². The average Bonchev–Trinajstić information content (AvgIpc) is 2.88. The van der Waals surface area contributed by atoms with Crippen LogP contribution in [-0.2, 0) is 6.54 Å². The molecule has 2 heterocycles. The summed E-state index contributed by atoms with van der Waals surface area (Å²) in [6, 6.07) is 8.36. The number of benzene rings is 1. The van der Waals surface area contributed by atoms with Crippen LogP contribution in [0.4, 0.5) is 0 Å². The lowest BCUT2D eigenvalue weighted by atomic mass is 10.1. The van der Waals surface area contributed by atoms with Crippen molar-refractivity contribution in [1.29, 1.82) is 0 Å². The highest BCUT2D eigenvalue weighted by Crippen LogP contribution is 2.26. The molecular formula is C13H13N3S. The van der Waals surface area contributed by atoms with E-state index in [4.69, 9.17) is 5.73 Å². The predicted molar refractivity (Wildman–Crippen MR) is 71.1 cm³/mol. The Hall–Kier alpha value is -1.65. The molecule has 17 heavy (non-hydrogen) atoms. The molecule has 86 valence electrons. The van der Waals surface area contributed by atoms with Crippen LogP contribution in [0.1, 0.15) is 11.3 Å². The first-order chi connectivity index (χ1) is 8.28. The molecule has 0 aliphatic heterocycles. The normalized spacial score (nSPS) is 11.2. The molecule has 3 nitrogen and oxygen atoms in total. The monoisotopic (exact) mass is 243 g/mol. The Bertz CT molecular complexity index is 649. The number of aromatic nitrogens is 2. The first kappa shape index (κ1) is 10.5. The topological polar surface area (TPSA) is 43.3 Å². The van der Waals surface area contributed by atoms with E-state index < -0.39 is 0 Å². The van der Waals surface area contributed by atoms with Crippen molar-refractivity contribution in [3.05, 3.63) is 47.1 Å². The maximum absolute atomic E-state index is 5.60. The molecule has 0 fully saturated rings. The molecule has 0 radical (unpaired) electrons. The minimum atomic E-state index is 0.587. The molecule has 0 atom stereocenters. The number of aryl methyl sites for hydroxylation is 1. The number of nitrogens with two attached hydrogens (primary N) is 1. The lowest BCUT2D eigenvalue weighted by Crippen LogP contribution is -1.95. The summed E-state index contributed by atoms with van der Waals surface area (Å²) in [5.41, 5.74) is 10.2. The largest absolute Gasteiger partial charge is 0.326 e. The number of hydrogen-bond donors (Lipinski definition) is 1. The van der Waals surface area contributed by atoms with E-state index >= 15 is 0 Å². The van der Waals surface area contributed by atoms with Gasteiger partial charge in [0, 0.05) is 18.1 Å². The van der Waals surface area contributed by atoms with Crippen LogP contribution in [0.3, 0.4) is 0 Å². The summed E-state index contributed by atoms with van der Waals surface area (Å²) in [4.78, 5) is 5.50. The van der Waals surface area contributed by atoms with E-state index in [-0.39, 0.29) is 0 Å². The first-order valence-electron chi connectivity index (χ1n) is 5.50. The third-order valence-corrected chi connectivity index (χ3v) is 3.65. The Morgan fingerprint density at radius 2 is 2.06 bits per heavy atom. The molecule has 0 saturated carbocycles. The van der Waals surface area contributed by atoms with Crippen molar-refractivity contribution in [2.24, 2.45) is 5.73 Å². The lowest BCUT2D eigenvalue weighted by Gasteiger charge is -2.01. The maximum atomic E-state index is 5.60. The second-order valence-electron chi connectivity index (χ2n) is 4.06. The van der Waals surface area contributed by atoms with Crippen LogP contribution in [0.2, 0.25) is 0 Å². The molecule has 0 bridgehead atoms. The number of rotatable bonds is 2. The molecule has 1 aromatic carbocycles. The highest BCUT2D eigenvalue weighted by atomic mass is 32.1. The van der Waals surface area contributed by atoms with Crippen LogP contribution in [-0.4, -0.2) is 9.38 Å². The number of thiazole rings is 1. The van der Waals surface area contributed by atoms with Crippen molar-refractivity contribution in [3.8, 4) is 11.3 Å². The van der Waals surface area contributed by atoms with Crippen LogP contribution in [0.15, 0.2) is 35.8 Å². The van der Waals surface area contributed by atoms with Crippen molar-refractivity contribution >= 4 is 16.3 Å². The standard InChI is InChI=1S/C13H13N3S/c1-9-7-16-12(8-17-13(16)15-9)11-4-2-10(6-14)3-5-11/h2-5,7-8H,6,14H2,1H3. The van der Waals surface area contributed by atoms with Gasteiger partial charge in [0.15, 0.2) is 4.96 Å². The highest BCUT2D eigenvalue weighted by molar-refractivity contribution is 7.15. The van der Waals surface area contributed by atoms with E-state index in [2.05, 4.69) is 45.2 Å². The van der Waals surface area contributed by atoms with Crippen LogP contribution in [0.25, 0.3) is 16.2 Å². The van der Waals surface area contributed by atoms with E-state index in [1.54, 1.807) is 11.3 Å². The van der Waals surface area contributed by atoms with Gasteiger partial charge in [-0.3, -0.25) is 4.40 Å². The van der Waals surface area contributed by atoms with Crippen LogP contribution < -0.4 is 5.73 Å². The second kappa shape index (κ2) is 3.98. The Balaban J connectivity index is 2.12. The van der Waals surface area contributed by atoms with Crippen molar-refractivity contribution in [3.63, 3.8) is 0 Å². The van der Waals surface area contributed by atoms with E-state index in [1.807, 2.05) is 6.92 Å². The van der Waals surface area contributed by atoms with Crippen LogP contribution in [0, 0.1) is 6.92 Å². The number of hydrogen-bond acceptors (Lipinski definition) is 3. The van der Waals surface area contributed by atoms with Gasteiger partial charge in [-0.2, -0.15) is 0 Å². The molecule has 0 saturated heterocycles. The highest BCUT2D eigenvalue weighted by Gasteiger charge is 2.07. The van der Waals surface area contributed by atoms with Gasteiger partial charge in [-0.05, 0) is 18.1 Å². The minimum Gasteiger partial charge on any atom is -0.326 e. The molecule has 2 aromatic heterocycles. The molecule has 3 aromatic rings. The third kappa shape index (κ3) is 1.75. The zero-order chi connectivity index (χ0) is 11.8. The predicted octanol–water partition coefficient (Wildman–Crippen LogP) is 2.83. The van der Waals surface area contributed by atoms with Gasteiger partial charge in [0.2, 0.25) is 0 Å².